The van der Waals surface area contributed by atoms with E-state index in [1.54, 1.807) is 12.1 Å². The largest absolute Gasteiger partial charge is 0.379 e. The van der Waals surface area contributed by atoms with Crippen molar-refractivity contribution in [2.24, 2.45) is 5.73 Å². The molecule has 1 amide bonds. The number of carbonyl (C=O) groups excluding carboxylic acids is 1. The Bertz CT molecular complexity index is 537. The first-order valence-electron chi connectivity index (χ1n) is 5.88. The average molecular weight is 240 g/mol. The maximum Gasteiger partial charge on any atom is 0.248 e. The number of benzene rings is 2. The van der Waals surface area contributed by atoms with Crippen LogP contribution >= 0.6 is 0 Å². The summed E-state index contributed by atoms with van der Waals surface area (Å²) in [5.74, 6) is -0.411. The molecule has 0 aliphatic rings. The maximum absolute atomic E-state index is 11.1. The van der Waals surface area contributed by atoms with E-state index in [1.165, 1.54) is 5.56 Å². The van der Waals surface area contributed by atoms with Crippen LogP contribution in [0, 0.1) is 0 Å². The third-order valence-corrected chi connectivity index (χ3v) is 2.83. The lowest BCUT2D eigenvalue weighted by atomic mass is 10.1. The number of nitrogens with two attached hydrogens (primary N) is 1. The summed E-state index contributed by atoms with van der Waals surface area (Å²) in [6.45, 7) is 2.08. The fraction of sp³-hybridized carbons (Fsp3) is 0.133. The molecule has 0 heterocycles. The predicted molar refractivity (Wildman–Crippen MR) is 73.4 cm³/mol. The highest BCUT2D eigenvalue weighted by Gasteiger charge is 2.06. The molecule has 0 aliphatic heterocycles. The molecule has 3 heteroatoms. The number of primary amides is 1. The predicted octanol–water partition coefficient (Wildman–Crippen LogP) is 2.96. The Morgan fingerprint density at radius 2 is 1.83 bits per heavy atom. The summed E-state index contributed by atoms with van der Waals surface area (Å²) in [6.07, 6.45) is 0. The number of amides is 1. The standard InChI is InChI=1S/C15H16N2O/c1-11(12-6-3-2-4-7-12)17-14-9-5-8-13(10-14)15(16)18/h2-11,17H,1H3,(H2,16,18). The van der Waals surface area contributed by atoms with Gasteiger partial charge in [0, 0.05) is 17.3 Å². The molecule has 0 spiro atoms. The van der Waals surface area contributed by atoms with Crippen LogP contribution in [0.5, 0.6) is 0 Å². The van der Waals surface area contributed by atoms with E-state index in [2.05, 4.69) is 24.4 Å². The Kier molecular flexibility index (Phi) is 3.63. The molecule has 0 saturated carbocycles. The highest BCUT2D eigenvalue weighted by atomic mass is 16.1. The van der Waals surface area contributed by atoms with Crippen LogP contribution in [0.2, 0.25) is 0 Å². The first kappa shape index (κ1) is 12.2. The summed E-state index contributed by atoms with van der Waals surface area (Å²) in [5.41, 5.74) is 7.86. The third-order valence-electron chi connectivity index (χ3n) is 2.83. The minimum atomic E-state index is -0.411. The summed E-state index contributed by atoms with van der Waals surface area (Å²) in [6, 6.07) is 17.5. The van der Waals surface area contributed by atoms with E-state index < -0.39 is 5.91 Å². The quantitative estimate of drug-likeness (QED) is 0.863. The van der Waals surface area contributed by atoms with Crippen LogP contribution in [-0.2, 0) is 0 Å². The van der Waals surface area contributed by atoms with Crippen molar-refractivity contribution in [3.05, 3.63) is 65.7 Å². The molecule has 0 fully saturated rings. The van der Waals surface area contributed by atoms with Crippen molar-refractivity contribution in [1.82, 2.24) is 0 Å². The van der Waals surface area contributed by atoms with Crippen LogP contribution in [-0.4, -0.2) is 5.91 Å². The Labute approximate surface area is 107 Å². The molecule has 1 atom stereocenters. The molecule has 92 valence electrons. The van der Waals surface area contributed by atoms with Crippen LogP contribution in [0.4, 0.5) is 5.69 Å². The van der Waals surface area contributed by atoms with Gasteiger partial charge in [-0.2, -0.15) is 0 Å². The third kappa shape index (κ3) is 2.88. The van der Waals surface area contributed by atoms with E-state index >= 15 is 0 Å². The summed E-state index contributed by atoms with van der Waals surface area (Å²) in [4.78, 5) is 11.1. The van der Waals surface area contributed by atoms with Crippen LogP contribution in [0.3, 0.4) is 0 Å². The van der Waals surface area contributed by atoms with Crippen molar-refractivity contribution in [3.8, 4) is 0 Å². The number of carbonyl (C=O) groups is 1. The van der Waals surface area contributed by atoms with Gasteiger partial charge >= 0.3 is 0 Å². The van der Waals surface area contributed by atoms with Gasteiger partial charge in [0.2, 0.25) is 5.91 Å². The molecular weight excluding hydrogens is 224 g/mol. The fourth-order valence-electron chi connectivity index (χ4n) is 1.84. The summed E-state index contributed by atoms with van der Waals surface area (Å²) in [5, 5.41) is 3.35. The zero-order chi connectivity index (χ0) is 13.0. The first-order valence-corrected chi connectivity index (χ1v) is 5.88. The Morgan fingerprint density at radius 1 is 1.11 bits per heavy atom. The normalized spacial score (nSPS) is 11.8. The van der Waals surface area contributed by atoms with Gasteiger partial charge in [-0.25, -0.2) is 0 Å². The van der Waals surface area contributed by atoms with Gasteiger partial charge in [-0.3, -0.25) is 4.79 Å². The molecule has 1 unspecified atom stereocenters. The van der Waals surface area contributed by atoms with Gasteiger partial charge in [-0.1, -0.05) is 36.4 Å². The van der Waals surface area contributed by atoms with Crippen molar-refractivity contribution in [1.29, 1.82) is 0 Å². The van der Waals surface area contributed by atoms with E-state index in [0.717, 1.165) is 5.69 Å². The van der Waals surface area contributed by atoms with Gasteiger partial charge in [0.25, 0.3) is 0 Å². The second-order valence-corrected chi connectivity index (χ2v) is 4.22. The fourth-order valence-corrected chi connectivity index (χ4v) is 1.84. The highest BCUT2D eigenvalue weighted by Crippen LogP contribution is 2.19. The summed E-state index contributed by atoms with van der Waals surface area (Å²) in [7, 11) is 0. The van der Waals surface area contributed by atoms with E-state index in [1.807, 2.05) is 30.3 Å². The van der Waals surface area contributed by atoms with Gasteiger partial charge in [0.05, 0.1) is 0 Å². The van der Waals surface area contributed by atoms with Gasteiger partial charge in [0.1, 0.15) is 0 Å². The molecule has 3 nitrogen and oxygen atoms in total. The first-order chi connectivity index (χ1) is 8.66. The smallest absolute Gasteiger partial charge is 0.248 e. The van der Waals surface area contributed by atoms with E-state index in [-0.39, 0.29) is 6.04 Å². The molecule has 2 aromatic rings. The van der Waals surface area contributed by atoms with Gasteiger partial charge in [-0.15, -0.1) is 0 Å². The average Bonchev–Trinajstić information content (AvgIpc) is 2.40. The van der Waals surface area contributed by atoms with Crippen LogP contribution < -0.4 is 11.1 Å². The van der Waals surface area contributed by atoms with Gasteiger partial charge in [-0.05, 0) is 30.7 Å². The second-order valence-electron chi connectivity index (χ2n) is 4.22. The van der Waals surface area contributed by atoms with E-state index in [0.29, 0.717) is 5.56 Å². The molecule has 0 saturated heterocycles. The number of nitrogens with one attached hydrogen (secondary N) is 1. The van der Waals surface area contributed by atoms with Crippen molar-refractivity contribution >= 4 is 11.6 Å². The van der Waals surface area contributed by atoms with Gasteiger partial charge in [0.15, 0.2) is 0 Å². The van der Waals surface area contributed by atoms with Gasteiger partial charge < -0.3 is 11.1 Å². The van der Waals surface area contributed by atoms with Crippen LogP contribution in [0.1, 0.15) is 28.9 Å². The topological polar surface area (TPSA) is 55.1 Å². The lowest BCUT2D eigenvalue weighted by Crippen LogP contribution is -2.12. The Morgan fingerprint density at radius 3 is 2.50 bits per heavy atom. The second kappa shape index (κ2) is 5.36. The molecule has 3 N–H and O–H groups in total. The molecule has 0 bridgehead atoms. The lowest BCUT2D eigenvalue weighted by molar-refractivity contribution is 0.100. The lowest BCUT2D eigenvalue weighted by Gasteiger charge is -2.16. The molecule has 0 aliphatic carbocycles. The van der Waals surface area contributed by atoms with Crippen molar-refractivity contribution in [3.63, 3.8) is 0 Å². The molecule has 0 aromatic heterocycles. The van der Waals surface area contributed by atoms with Crippen LogP contribution in [0.25, 0.3) is 0 Å². The Hall–Kier alpha value is -2.29. The summed E-state index contributed by atoms with van der Waals surface area (Å²) >= 11 is 0. The number of hydrogen-bond donors (Lipinski definition) is 2. The van der Waals surface area contributed by atoms with Crippen molar-refractivity contribution in [2.75, 3.05) is 5.32 Å². The molecular formula is C15H16N2O. The molecule has 2 aromatic carbocycles. The van der Waals surface area contributed by atoms with E-state index in [9.17, 15) is 4.79 Å². The van der Waals surface area contributed by atoms with Crippen molar-refractivity contribution < 1.29 is 4.79 Å². The number of anilines is 1. The summed E-state index contributed by atoms with van der Waals surface area (Å²) < 4.78 is 0. The number of rotatable bonds is 4. The molecule has 18 heavy (non-hydrogen) atoms. The zero-order valence-corrected chi connectivity index (χ0v) is 10.3. The molecule has 2 rings (SSSR count). The SMILES string of the molecule is CC(Nc1cccc(C(N)=O)c1)c1ccccc1. The highest BCUT2D eigenvalue weighted by molar-refractivity contribution is 5.93. The van der Waals surface area contributed by atoms with E-state index in [4.69, 9.17) is 5.73 Å². The van der Waals surface area contributed by atoms with Crippen LogP contribution in [0.15, 0.2) is 54.6 Å². The minimum absolute atomic E-state index is 0.175. The van der Waals surface area contributed by atoms with Crippen molar-refractivity contribution in [2.45, 2.75) is 13.0 Å². The number of hydrogen-bond acceptors (Lipinski definition) is 2. The monoisotopic (exact) mass is 240 g/mol. The molecule has 0 radical (unpaired) electrons. The Balaban J connectivity index is 2.14. The minimum Gasteiger partial charge on any atom is -0.379 e. The maximum atomic E-state index is 11.1. The zero-order valence-electron chi connectivity index (χ0n) is 10.3.